The predicted molar refractivity (Wildman–Crippen MR) is 160 cm³/mol. The average molecular weight is 619 g/mol. The third kappa shape index (κ3) is 13.3. The molecule has 44 heavy (non-hydrogen) atoms. The molecule has 2 aromatic rings. The Kier molecular flexibility index (Phi) is 16.8. The van der Waals surface area contributed by atoms with Crippen molar-refractivity contribution in [2.45, 2.75) is 26.1 Å². The second kappa shape index (κ2) is 20.8. The second-order valence-electron chi connectivity index (χ2n) is 10.0. The predicted octanol–water partition coefficient (Wildman–Crippen LogP) is 1.84. The molecule has 0 aliphatic carbocycles. The molecule has 0 unspecified atom stereocenters. The van der Waals surface area contributed by atoms with Gasteiger partial charge in [-0.1, -0.05) is 12.1 Å². The normalized spacial score (nSPS) is 19.0. The molecule has 0 aromatic carbocycles. The lowest BCUT2D eigenvalue weighted by molar-refractivity contribution is -0.0668. The van der Waals surface area contributed by atoms with Crippen LogP contribution in [0.15, 0.2) is 36.4 Å². The first-order chi connectivity index (χ1) is 21.5. The van der Waals surface area contributed by atoms with E-state index in [1.807, 2.05) is 19.1 Å². The highest BCUT2D eigenvalue weighted by atomic mass is 16.6. The maximum atomic E-state index is 11.9. The summed E-state index contributed by atoms with van der Waals surface area (Å²) in [6, 6.07) is 10.6. The Morgan fingerprint density at radius 1 is 0.750 bits per heavy atom. The van der Waals surface area contributed by atoms with E-state index in [2.05, 4.69) is 19.8 Å². The summed E-state index contributed by atoms with van der Waals surface area (Å²) in [6.45, 7) is 9.79. The number of rotatable bonds is 9. The zero-order valence-electron chi connectivity index (χ0n) is 26.1. The van der Waals surface area contributed by atoms with Gasteiger partial charge in [0, 0.05) is 45.9 Å². The fourth-order valence-corrected chi connectivity index (χ4v) is 4.43. The third-order valence-corrected chi connectivity index (χ3v) is 6.77. The van der Waals surface area contributed by atoms with Crippen LogP contribution in [0.2, 0.25) is 0 Å². The summed E-state index contributed by atoms with van der Waals surface area (Å²) in [7, 11) is 2.68. The van der Waals surface area contributed by atoms with Crippen molar-refractivity contribution in [1.29, 1.82) is 0 Å². The van der Waals surface area contributed by atoms with E-state index < -0.39 is 11.9 Å². The molecule has 0 spiro atoms. The minimum absolute atomic E-state index is 0.233. The van der Waals surface area contributed by atoms with Crippen LogP contribution in [0.3, 0.4) is 0 Å². The number of aromatic nitrogens is 2. The van der Waals surface area contributed by atoms with Gasteiger partial charge in [-0.05, 0) is 31.2 Å². The lowest BCUT2D eigenvalue weighted by Gasteiger charge is -2.25. The maximum Gasteiger partial charge on any atom is 0.356 e. The summed E-state index contributed by atoms with van der Waals surface area (Å²) in [4.78, 5) is 37.1. The number of hydrogen-bond donors (Lipinski definition) is 0. The Morgan fingerprint density at radius 2 is 1.25 bits per heavy atom. The van der Waals surface area contributed by atoms with Crippen molar-refractivity contribution in [3.8, 4) is 0 Å². The van der Waals surface area contributed by atoms with E-state index >= 15 is 0 Å². The molecule has 0 amide bonds. The molecule has 3 heterocycles. The minimum Gasteiger partial charge on any atom is -0.464 e. The van der Waals surface area contributed by atoms with Crippen LogP contribution in [0.4, 0.5) is 0 Å². The van der Waals surface area contributed by atoms with Crippen LogP contribution in [0.5, 0.6) is 0 Å². The molecule has 244 valence electrons. The highest BCUT2D eigenvalue weighted by Crippen LogP contribution is 2.08. The number of ether oxygens (including phenoxy) is 7. The van der Waals surface area contributed by atoms with E-state index in [1.165, 1.54) is 14.2 Å². The van der Waals surface area contributed by atoms with Crippen molar-refractivity contribution in [3.63, 3.8) is 0 Å². The second-order valence-corrected chi connectivity index (χ2v) is 10.0. The summed E-state index contributed by atoms with van der Waals surface area (Å²) >= 11 is 0. The molecule has 0 bridgehead atoms. The van der Waals surface area contributed by atoms with Crippen molar-refractivity contribution in [1.82, 2.24) is 19.8 Å². The van der Waals surface area contributed by atoms with Gasteiger partial charge in [0.15, 0.2) is 0 Å². The molecule has 0 radical (unpaired) electrons. The third-order valence-electron chi connectivity index (χ3n) is 6.77. The molecule has 1 aliphatic heterocycles. The molecule has 3 rings (SSSR count). The Hall–Kier alpha value is -3.04. The zero-order valence-corrected chi connectivity index (χ0v) is 26.1. The van der Waals surface area contributed by atoms with Gasteiger partial charge in [0.2, 0.25) is 0 Å². The van der Waals surface area contributed by atoms with E-state index in [9.17, 15) is 9.59 Å². The van der Waals surface area contributed by atoms with E-state index in [-0.39, 0.29) is 17.5 Å². The van der Waals surface area contributed by atoms with Crippen LogP contribution in [0, 0.1) is 0 Å². The first-order valence-electron chi connectivity index (χ1n) is 15.0. The van der Waals surface area contributed by atoms with Crippen LogP contribution in [-0.2, 0) is 46.2 Å². The molecule has 2 aromatic heterocycles. The molecule has 1 aliphatic rings. The lowest BCUT2D eigenvalue weighted by atomic mass is 10.2. The molecular weight excluding hydrogens is 572 g/mol. The summed E-state index contributed by atoms with van der Waals surface area (Å²) in [5.41, 5.74) is 2.06. The lowest BCUT2D eigenvalue weighted by Crippen LogP contribution is -2.35. The number of carbonyl (C=O) groups excluding carboxylic acids is 2. The quantitative estimate of drug-likeness (QED) is 0.379. The molecule has 13 nitrogen and oxygen atoms in total. The number of hydrogen-bond acceptors (Lipinski definition) is 13. The van der Waals surface area contributed by atoms with Gasteiger partial charge in [-0.3, -0.25) is 9.80 Å². The van der Waals surface area contributed by atoms with Crippen molar-refractivity contribution < 1.29 is 42.7 Å². The monoisotopic (exact) mass is 618 g/mol. The summed E-state index contributed by atoms with van der Waals surface area (Å²) < 4.78 is 39.2. The maximum absolute atomic E-state index is 11.9. The van der Waals surface area contributed by atoms with Gasteiger partial charge in [0.05, 0.1) is 78.5 Å². The van der Waals surface area contributed by atoms with Crippen LogP contribution < -0.4 is 0 Å². The largest absolute Gasteiger partial charge is 0.464 e. The van der Waals surface area contributed by atoms with Gasteiger partial charge < -0.3 is 33.2 Å². The van der Waals surface area contributed by atoms with Crippen molar-refractivity contribution in [3.05, 3.63) is 59.2 Å². The molecule has 1 saturated heterocycles. The van der Waals surface area contributed by atoms with Gasteiger partial charge in [-0.2, -0.15) is 0 Å². The smallest absolute Gasteiger partial charge is 0.356 e. The van der Waals surface area contributed by atoms with Gasteiger partial charge >= 0.3 is 11.9 Å². The number of carbonyl (C=O) groups is 2. The van der Waals surface area contributed by atoms with Crippen molar-refractivity contribution in [2.75, 3.05) is 99.9 Å². The molecule has 1 atom stereocenters. The first kappa shape index (κ1) is 35.4. The van der Waals surface area contributed by atoms with Gasteiger partial charge in [-0.25, -0.2) is 19.6 Å². The van der Waals surface area contributed by atoms with Gasteiger partial charge in [0.25, 0.3) is 0 Å². The highest BCUT2D eigenvalue weighted by Gasteiger charge is 2.16. The standard InChI is InChI=1S/C31H46N4O9/c1-4-40-23-27-24-43-17-13-34(21-25-7-5-9-28(32-25)30(36)38-2)11-15-41-19-20-42-16-12-35(14-18-44-27)22-26-8-6-10-29(33-26)31(37)39-3/h5-10,27H,4,11-24H2,1-3H3/t27-/m1/s1. The Bertz CT molecular complexity index is 1120. The number of esters is 2. The van der Waals surface area contributed by atoms with Gasteiger partial charge in [0.1, 0.15) is 17.5 Å². The molecule has 0 N–H and O–H groups in total. The number of nitrogens with zero attached hydrogens (tertiary/aromatic N) is 4. The van der Waals surface area contributed by atoms with E-state index in [1.54, 1.807) is 24.3 Å². The summed E-state index contributed by atoms with van der Waals surface area (Å²) in [6.07, 6.45) is -0.233. The Labute approximate surface area is 259 Å². The fourth-order valence-electron chi connectivity index (χ4n) is 4.43. The SMILES string of the molecule is CCOC[C@@H]1COCCN(Cc2cccc(C(=O)OC)n2)CCOCCOCCN(Cc2cccc(C(=O)OC)n2)CCO1. The molecule has 0 saturated carbocycles. The molecular formula is C31H46N4O9. The zero-order chi connectivity index (χ0) is 31.4. The van der Waals surface area contributed by atoms with Crippen molar-refractivity contribution >= 4 is 11.9 Å². The summed E-state index contributed by atoms with van der Waals surface area (Å²) in [5, 5.41) is 0. The van der Waals surface area contributed by atoms with Crippen LogP contribution in [0.25, 0.3) is 0 Å². The summed E-state index contributed by atoms with van der Waals surface area (Å²) in [5.74, 6) is -0.935. The van der Waals surface area contributed by atoms with E-state index in [0.717, 1.165) is 11.4 Å². The Morgan fingerprint density at radius 3 is 1.75 bits per heavy atom. The van der Waals surface area contributed by atoms with Gasteiger partial charge in [-0.15, -0.1) is 0 Å². The topological polar surface area (TPSA) is 131 Å². The van der Waals surface area contributed by atoms with Crippen LogP contribution in [0.1, 0.15) is 39.3 Å². The van der Waals surface area contributed by atoms with Crippen molar-refractivity contribution in [2.24, 2.45) is 0 Å². The average Bonchev–Trinajstić information content (AvgIpc) is 3.05. The molecule has 13 heteroatoms. The van der Waals surface area contributed by atoms with E-state index in [4.69, 9.17) is 33.2 Å². The van der Waals surface area contributed by atoms with Crippen LogP contribution >= 0.6 is 0 Å². The minimum atomic E-state index is -0.468. The molecule has 1 fully saturated rings. The van der Waals surface area contributed by atoms with Crippen LogP contribution in [-0.4, -0.2) is 138 Å². The fraction of sp³-hybridized carbons (Fsp3) is 0.613. The Balaban J connectivity index is 1.60. The van der Waals surface area contributed by atoms with E-state index in [0.29, 0.717) is 98.7 Å². The highest BCUT2D eigenvalue weighted by molar-refractivity contribution is 5.87. The number of pyridine rings is 2. The first-order valence-corrected chi connectivity index (χ1v) is 15.0. The number of methoxy groups -OCH3 is 2.